The second kappa shape index (κ2) is 8.28. The summed E-state index contributed by atoms with van der Waals surface area (Å²) in [6.45, 7) is 15.6. The third-order valence-corrected chi connectivity index (χ3v) is 6.42. The summed E-state index contributed by atoms with van der Waals surface area (Å²) in [5, 5.41) is 0. The summed E-state index contributed by atoms with van der Waals surface area (Å²) in [7, 11) is 4.17. The van der Waals surface area contributed by atoms with E-state index in [4.69, 9.17) is 0 Å². The van der Waals surface area contributed by atoms with Crippen LogP contribution in [0.15, 0.2) is 55.8 Å². The van der Waals surface area contributed by atoms with Crippen molar-refractivity contribution in [2.45, 2.75) is 31.3 Å². The highest BCUT2D eigenvalue weighted by molar-refractivity contribution is 7.13. The molecule has 4 heterocycles. The molecule has 0 radical (unpaired) electrons. The van der Waals surface area contributed by atoms with Gasteiger partial charge in [-0.25, -0.2) is 0 Å². The van der Waals surface area contributed by atoms with E-state index in [9.17, 15) is 0 Å². The maximum absolute atomic E-state index is 4.39. The number of rotatable bonds is 9. The van der Waals surface area contributed by atoms with E-state index < -0.39 is 0 Å². The summed E-state index contributed by atoms with van der Waals surface area (Å²) in [6, 6.07) is 5.61. The zero-order chi connectivity index (χ0) is 18.7. The van der Waals surface area contributed by atoms with Crippen molar-refractivity contribution >= 4 is 17.0 Å². The Balaban J connectivity index is 1.55. The largest absolute Gasteiger partial charge is 0.367 e. The van der Waals surface area contributed by atoms with E-state index in [1.54, 1.807) is 0 Å². The van der Waals surface area contributed by atoms with Crippen molar-refractivity contribution in [3.8, 4) is 0 Å². The van der Waals surface area contributed by atoms with Gasteiger partial charge in [-0.3, -0.25) is 0 Å². The molecule has 3 nitrogen and oxygen atoms in total. The molecular weight excluding hydrogens is 338 g/mol. The molecule has 26 heavy (non-hydrogen) atoms. The molecule has 2 bridgehead atoms. The van der Waals surface area contributed by atoms with E-state index in [1.807, 2.05) is 17.4 Å². The third kappa shape index (κ3) is 4.13. The Bertz CT molecular complexity index is 688. The van der Waals surface area contributed by atoms with Crippen LogP contribution in [0.2, 0.25) is 0 Å². The molecule has 1 aromatic rings. The molecule has 4 heteroatoms. The van der Waals surface area contributed by atoms with Gasteiger partial charge in [0.15, 0.2) is 0 Å². The van der Waals surface area contributed by atoms with Gasteiger partial charge in [0.05, 0.1) is 4.88 Å². The van der Waals surface area contributed by atoms with Gasteiger partial charge in [0.25, 0.3) is 0 Å². The Kier molecular flexibility index (Phi) is 6.05. The summed E-state index contributed by atoms with van der Waals surface area (Å²) < 4.78 is 0. The number of aryl methyl sites for hydroxylation is 1. The van der Waals surface area contributed by atoms with E-state index in [1.165, 1.54) is 21.9 Å². The Morgan fingerprint density at radius 1 is 1.27 bits per heavy atom. The second-order valence-electron chi connectivity index (χ2n) is 7.55. The SMILES string of the molecule is C=CCCc1ccc(C(=C)N2CC3CC(C2)N3C(=C)/C=C/CN(C)C)s1. The molecule has 140 valence electrons. The Morgan fingerprint density at radius 3 is 2.65 bits per heavy atom. The minimum atomic E-state index is 0.571. The molecule has 0 N–H and O–H groups in total. The molecule has 0 aliphatic carbocycles. The predicted molar refractivity (Wildman–Crippen MR) is 114 cm³/mol. The van der Waals surface area contributed by atoms with Crippen LogP contribution >= 0.6 is 11.3 Å². The second-order valence-corrected chi connectivity index (χ2v) is 8.72. The van der Waals surface area contributed by atoms with Crippen LogP contribution in [-0.2, 0) is 6.42 Å². The maximum Gasteiger partial charge on any atom is 0.0500 e. The zero-order valence-electron chi connectivity index (χ0n) is 16.2. The van der Waals surface area contributed by atoms with E-state index in [-0.39, 0.29) is 0 Å². The molecule has 2 unspecified atom stereocenters. The summed E-state index contributed by atoms with van der Waals surface area (Å²) >= 11 is 1.88. The molecule has 3 fully saturated rings. The highest BCUT2D eigenvalue weighted by Crippen LogP contribution is 2.39. The lowest BCUT2D eigenvalue weighted by Crippen LogP contribution is -2.67. The molecule has 3 aliphatic heterocycles. The van der Waals surface area contributed by atoms with Gasteiger partial charge in [-0.05, 0) is 51.6 Å². The maximum atomic E-state index is 4.39. The lowest BCUT2D eigenvalue weighted by atomic mass is 9.86. The number of likely N-dealkylation sites (N-methyl/N-ethyl adjacent to an activating group) is 1. The number of hydrogen-bond acceptors (Lipinski definition) is 4. The van der Waals surface area contributed by atoms with Gasteiger partial charge >= 0.3 is 0 Å². The predicted octanol–water partition coefficient (Wildman–Crippen LogP) is 4.23. The van der Waals surface area contributed by atoms with Crippen LogP contribution in [-0.4, -0.2) is 60.5 Å². The van der Waals surface area contributed by atoms with Crippen LogP contribution in [0.5, 0.6) is 0 Å². The fourth-order valence-electron chi connectivity index (χ4n) is 3.85. The average Bonchev–Trinajstić information content (AvgIpc) is 3.07. The molecule has 1 aromatic heterocycles. The van der Waals surface area contributed by atoms with Gasteiger partial charge in [0, 0.05) is 48.0 Å². The van der Waals surface area contributed by atoms with Crippen LogP contribution in [0.4, 0.5) is 0 Å². The minimum Gasteiger partial charge on any atom is -0.367 e. The molecule has 3 aliphatic rings. The first-order valence-corrected chi connectivity index (χ1v) is 10.2. The molecule has 0 amide bonds. The molecular formula is C22H31N3S. The van der Waals surface area contributed by atoms with Crippen LogP contribution in [0.1, 0.15) is 22.6 Å². The molecule has 3 saturated heterocycles. The number of fused-ring (bicyclic) bond motifs is 2. The molecule has 0 aromatic carbocycles. The standard InChI is InChI=1S/C22H31N3S/c1-6-7-10-21-11-12-22(26-21)18(3)24-15-19-14-20(16-24)25(19)17(2)9-8-13-23(4)5/h6,8-9,11-12,19-20H,1-3,7,10,13-16H2,4-5H3/b9-8+. The van der Waals surface area contributed by atoms with Crippen LogP contribution in [0.3, 0.4) is 0 Å². The normalized spacial score (nSPS) is 22.0. The number of piperazine rings is 1. The number of piperidine rings is 1. The quantitative estimate of drug-likeness (QED) is 0.476. The number of allylic oxidation sites excluding steroid dienone is 2. The summed E-state index contributed by atoms with van der Waals surface area (Å²) in [5.41, 5.74) is 2.34. The Labute approximate surface area is 162 Å². The van der Waals surface area contributed by atoms with Crippen molar-refractivity contribution in [3.63, 3.8) is 0 Å². The van der Waals surface area contributed by atoms with Crippen LogP contribution in [0, 0.1) is 0 Å². The monoisotopic (exact) mass is 369 g/mol. The zero-order valence-corrected chi connectivity index (χ0v) is 17.0. The van der Waals surface area contributed by atoms with E-state index in [0.717, 1.165) is 38.2 Å². The van der Waals surface area contributed by atoms with Gasteiger partial charge in [-0.1, -0.05) is 25.3 Å². The molecule has 4 rings (SSSR count). The molecule has 0 spiro atoms. The van der Waals surface area contributed by atoms with Crippen LogP contribution in [0.25, 0.3) is 5.70 Å². The minimum absolute atomic E-state index is 0.571. The highest BCUT2D eigenvalue weighted by atomic mass is 32.1. The molecule has 2 atom stereocenters. The molecule has 0 saturated carbocycles. The number of nitrogens with zero attached hydrogens (tertiary/aromatic N) is 3. The van der Waals surface area contributed by atoms with E-state index in [0.29, 0.717) is 12.1 Å². The van der Waals surface area contributed by atoms with Crippen molar-refractivity contribution < 1.29 is 0 Å². The summed E-state index contributed by atoms with van der Waals surface area (Å²) in [6.07, 6.45) is 9.76. The van der Waals surface area contributed by atoms with Crippen molar-refractivity contribution in [2.24, 2.45) is 0 Å². The Morgan fingerprint density at radius 2 is 2.00 bits per heavy atom. The number of hydrogen-bond donors (Lipinski definition) is 0. The van der Waals surface area contributed by atoms with Gasteiger partial charge in [-0.2, -0.15) is 0 Å². The first-order chi connectivity index (χ1) is 12.5. The fourth-order valence-corrected chi connectivity index (χ4v) is 4.87. The van der Waals surface area contributed by atoms with Gasteiger partial charge in [0.2, 0.25) is 0 Å². The summed E-state index contributed by atoms with van der Waals surface area (Å²) in [5.74, 6) is 0. The first-order valence-electron chi connectivity index (χ1n) is 9.42. The van der Waals surface area contributed by atoms with Gasteiger partial charge < -0.3 is 14.7 Å². The number of thiophene rings is 1. The lowest BCUT2D eigenvalue weighted by molar-refractivity contribution is -0.0186. The van der Waals surface area contributed by atoms with Crippen molar-refractivity contribution in [1.29, 1.82) is 0 Å². The van der Waals surface area contributed by atoms with Crippen LogP contribution < -0.4 is 0 Å². The fraction of sp³-hybridized carbons (Fsp3) is 0.455. The third-order valence-electron chi connectivity index (χ3n) is 5.23. The lowest BCUT2D eigenvalue weighted by Gasteiger charge is -2.58. The Hall–Kier alpha value is -1.78. The average molecular weight is 370 g/mol. The van der Waals surface area contributed by atoms with Crippen molar-refractivity contribution in [2.75, 3.05) is 33.7 Å². The topological polar surface area (TPSA) is 9.72 Å². The highest BCUT2D eigenvalue weighted by Gasteiger charge is 2.45. The van der Waals surface area contributed by atoms with Crippen molar-refractivity contribution in [1.82, 2.24) is 14.7 Å². The van der Waals surface area contributed by atoms with Gasteiger partial charge in [-0.15, -0.1) is 17.9 Å². The smallest absolute Gasteiger partial charge is 0.0500 e. The van der Waals surface area contributed by atoms with E-state index >= 15 is 0 Å². The first kappa shape index (κ1) is 19.0. The van der Waals surface area contributed by atoms with Gasteiger partial charge in [0.1, 0.15) is 0 Å². The van der Waals surface area contributed by atoms with Crippen molar-refractivity contribution in [3.05, 3.63) is 65.5 Å². The summed E-state index contributed by atoms with van der Waals surface area (Å²) in [4.78, 5) is 9.86. The van der Waals surface area contributed by atoms with E-state index in [2.05, 4.69) is 72.8 Å².